The molecule has 0 aliphatic carbocycles. The normalized spacial score (nSPS) is 11.6. The molecule has 0 aliphatic heterocycles. The minimum Gasteiger partial charge on any atom is -0.487 e. The molecule has 2 N–H and O–H groups in total. The third kappa shape index (κ3) is 2.57. The maximum Gasteiger partial charge on any atom is 0.178 e. The first-order chi connectivity index (χ1) is 14.4. The van der Waals surface area contributed by atoms with E-state index >= 15 is 0 Å². The van der Waals surface area contributed by atoms with Crippen molar-refractivity contribution < 1.29 is 4.74 Å². The van der Waals surface area contributed by atoms with Crippen LogP contribution in [0.1, 0.15) is 5.56 Å². The van der Waals surface area contributed by atoms with Gasteiger partial charge in [-0.1, -0.05) is 42.5 Å². The van der Waals surface area contributed by atoms with Gasteiger partial charge in [-0.15, -0.1) is 5.10 Å². The van der Waals surface area contributed by atoms with Crippen molar-refractivity contribution in [3.05, 3.63) is 84.8 Å². The van der Waals surface area contributed by atoms with Gasteiger partial charge in [0.05, 0.1) is 23.3 Å². The highest BCUT2D eigenvalue weighted by atomic mass is 16.5. The molecule has 2 aromatic carbocycles. The molecular weight excluding hydrogens is 362 g/mol. The molecule has 0 saturated heterocycles. The van der Waals surface area contributed by atoms with Crippen LogP contribution in [0.5, 0.6) is 5.75 Å². The summed E-state index contributed by atoms with van der Waals surface area (Å²) < 4.78 is 8.01. The fourth-order valence-electron chi connectivity index (χ4n) is 3.89. The lowest BCUT2D eigenvalue weighted by atomic mass is 10.0. The number of H-pyrrole nitrogens is 2. The zero-order valence-corrected chi connectivity index (χ0v) is 15.5. The number of hydrogen-bond acceptors (Lipinski definition) is 3. The molecule has 6 aromatic rings. The summed E-state index contributed by atoms with van der Waals surface area (Å²) in [5.74, 6) is 0.766. The van der Waals surface area contributed by atoms with E-state index in [2.05, 4.69) is 62.7 Å². The van der Waals surface area contributed by atoms with Gasteiger partial charge < -0.3 is 9.72 Å². The number of rotatable bonds is 4. The Morgan fingerprint density at radius 1 is 0.931 bits per heavy atom. The van der Waals surface area contributed by atoms with Crippen molar-refractivity contribution >= 4 is 27.5 Å². The van der Waals surface area contributed by atoms with Gasteiger partial charge in [0, 0.05) is 22.7 Å². The zero-order chi connectivity index (χ0) is 19.2. The summed E-state index contributed by atoms with van der Waals surface area (Å²) >= 11 is 0. The molecule has 0 spiro atoms. The summed E-state index contributed by atoms with van der Waals surface area (Å²) in [5.41, 5.74) is 6.17. The van der Waals surface area contributed by atoms with Crippen molar-refractivity contribution in [1.29, 1.82) is 0 Å². The van der Waals surface area contributed by atoms with E-state index in [0.717, 1.165) is 49.9 Å². The summed E-state index contributed by atoms with van der Waals surface area (Å²) in [7, 11) is 0. The highest BCUT2D eigenvalue weighted by Gasteiger charge is 2.16. The maximum atomic E-state index is 6.13. The molecular formula is C23H17N5O. The molecule has 0 aliphatic rings. The van der Waals surface area contributed by atoms with Crippen LogP contribution in [-0.4, -0.2) is 24.8 Å². The van der Waals surface area contributed by atoms with Gasteiger partial charge >= 0.3 is 0 Å². The highest BCUT2D eigenvalue weighted by molar-refractivity contribution is 6.06. The molecule has 0 saturated carbocycles. The lowest BCUT2D eigenvalue weighted by Crippen LogP contribution is -1.99. The van der Waals surface area contributed by atoms with Crippen molar-refractivity contribution in [3.8, 4) is 16.9 Å². The van der Waals surface area contributed by atoms with Crippen LogP contribution in [0.4, 0.5) is 0 Å². The number of nitrogens with one attached hydrogen (secondary N) is 2. The molecule has 4 aromatic heterocycles. The van der Waals surface area contributed by atoms with E-state index in [9.17, 15) is 0 Å². The largest absolute Gasteiger partial charge is 0.487 e. The average Bonchev–Trinajstić information content (AvgIpc) is 3.47. The number of benzene rings is 2. The number of nitrogens with zero attached hydrogens (tertiary/aromatic N) is 3. The van der Waals surface area contributed by atoms with E-state index < -0.39 is 0 Å². The summed E-state index contributed by atoms with van der Waals surface area (Å²) in [4.78, 5) is 3.29. The third-order valence-corrected chi connectivity index (χ3v) is 5.24. The second kappa shape index (κ2) is 6.24. The smallest absolute Gasteiger partial charge is 0.178 e. The lowest BCUT2D eigenvalue weighted by molar-refractivity contribution is 0.304. The molecule has 0 fully saturated rings. The summed E-state index contributed by atoms with van der Waals surface area (Å²) in [6, 6.07) is 20.6. The van der Waals surface area contributed by atoms with E-state index in [1.165, 1.54) is 0 Å². The number of ether oxygens (including phenoxy) is 1. The van der Waals surface area contributed by atoms with E-state index in [1.54, 1.807) is 0 Å². The summed E-state index contributed by atoms with van der Waals surface area (Å²) in [5, 5.41) is 13.9. The predicted molar refractivity (Wildman–Crippen MR) is 113 cm³/mol. The fraction of sp³-hybridized carbons (Fsp3) is 0.0435. The Morgan fingerprint density at radius 3 is 2.79 bits per heavy atom. The van der Waals surface area contributed by atoms with Crippen molar-refractivity contribution in [2.45, 2.75) is 6.61 Å². The molecule has 0 bridgehead atoms. The van der Waals surface area contributed by atoms with Crippen LogP contribution < -0.4 is 4.74 Å². The summed E-state index contributed by atoms with van der Waals surface area (Å²) in [6.07, 6.45) is 5.71. The quantitative estimate of drug-likeness (QED) is 0.456. The molecule has 0 unspecified atom stereocenters. The first-order valence-corrected chi connectivity index (χ1v) is 9.45. The number of pyridine rings is 1. The number of fused-ring (bicyclic) bond motifs is 4. The minimum absolute atomic E-state index is 0.501. The molecule has 0 atom stereocenters. The van der Waals surface area contributed by atoms with Crippen molar-refractivity contribution in [1.82, 2.24) is 24.8 Å². The van der Waals surface area contributed by atoms with E-state index in [4.69, 9.17) is 4.74 Å². The van der Waals surface area contributed by atoms with Crippen LogP contribution >= 0.6 is 0 Å². The second-order valence-electron chi connectivity index (χ2n) is 7.03. The van der Waals surface area contributed by atoms with Gasteiger partial charge in [0.2, 0.25) is 0 Å². The number of aromatic amines is 2. The molecule has 29 heavy (non-hydrogen) atoms. The molecule has 0 radical (unpaired) electrons. The van der Waals surface area contributed by atoms with Gasteiger partial charge in [0.1, 0.15) is 12.4 Å². The Bertz CT molecular complexity index is 1460. The average molecular weight is 379 g/mol. The van der Waals surface area contributed by atoms with Gasteiger partial charge in [-0.05, 0) is 29.3 Å². The van der Waals surface area contributed by atoms with Crippen molar-refractivity contribution in [2.75, 3.05) is 0 Å². The van der Waals surface area contributed by atoms with Gasteiger partial charge in [-0.2, -0.15) is 5.10 Å². The standard InChI is InChI=1S/C23H17N5O/c1-2-5-15(6-3-1)14-29-16-11-19(17-7-4-8-21-18(17)9-10-24-21)22-20-12-25-26-23(20)27-28(22)13-16/h1-13,24H,14H2,(H,26,27). The molecule has 6 heteroatoms. The van der Waals surface area contributed by atoms with Crippen LogP contribution in [0.2, 0.25) is 0 Å². The predicted octanol–water partition coefficient (Wildman–Crippen LogP) is 4.94. The third-order valence-electron chi connectivity index (χ3n) is 5.24. The Morgan fingerprint density at radius 2 is 1.86 bits per heavy atom. The molecule has 140 valence electrons. The molecule has 6 rings (SSSR count). The Balaban J connectivity index is 1.56. The van der Waals surface area contributed by atoms with Gasteiger partial charge in [-0.25, -0.2) is 4.52 Å². The van der Waals surface area contributed by atoms with Crippen molar-refractivity contribution in [2.24, 2.45) is 0 Å². The topological polar surface area (TPSA) is 71.0 Å². The molecule has 6 nitrogen and oxygen atoms in total. The van der Waals surface area contributed by atoms with E-state index in [0.29, 0.717) is 6.61 Å². The maximum absolute atomic E-state index is 6.13. The Hall–Kier alpha value is -4.06. The van der Waals surface area contributed by atoms with Crippen molar-refractivity contribution in [3.63, 3.8) is 0 Å². The first kappa shape index (κ1) is 15.9. The Kier molecular flexibility index (Phi) is 3.43. The van der Waals surface area contributed by atoms with Gasteiger partial charge in [0.25, 0.3) is 0 Å². The number of hydrogen-bond donors (Lipinski definition) is 2. The molecule has 0 amide bonds. The zero-order valence-electron chi connectivity index (χ0n) is 15.5. The Labute approximate surface area is 165 Å². The van der Waals surface area contributed by atoms with Crippen LogP contribution in [0.3, 0.4) is 0 Å². The monoisotopic (exact) mass is 379 g/mol. The van der Waals surface area contributed by atoms with Gasteiger partial charge in [-0.3, -0.25) is 5.10 Å². The van der Waals surface area contributed by atoms with Crippen LogP contribution in [0, 0.1) is 0 Å². The van der Waals surface area contributed by atoms with E-state index in [1.807, 2.05) is 41.3 Å². The summed E-state index contributed by atoms with van der Waals surface area (Å²) in [6.45, 7) is 0.501. The van der Waals surface area contributed by atoms with E-state index in [-0.39, 0.29) is 0 Å². The molecule has 4 heterocycles. The highest BCUT2D eigenvalue weighted by Crippen LogP contribution is 2.36. The van der Waals surface area contributed by atoms with Gasteiger partial charge in [0.15, 0.2) is 5.65 Å². The second-order valence-corrected chi connectivity index (χ2v) is 7.03. The van der Waals surface area contributed by atoms with Crippen LogP contribution in [0.15, 0.2) is 79.3 Å². The lowest BCUT2D eigenvalue weighted by Gasteiger charge is -2.12. The SMILES string of the molecule is c1ccc(COc2cc(-c3cccc4[nH]ccc34)c3c4cn[nH]c4nn3c2)cc1. The van der Waals surface area contributed by atoms with Crippen LogP contribution in [0.25, 0.3) is 38.6 Å². The minimum atomic E-state index is 0.501. The van der Waals surface area contributed by atoms with Crippen LogP contribution in [-0.2, 0) is 6.61 Å². The number of aromatic nitrogens is 5. The fourth-order valence-corrected chi connectivity index (χ4v) is 3.89. The first-order valence-electron chi connectivity index (χ1n) is 9.45.